The summed E-state index contributed by atoms with van der Waals surface area (Å²) in [6, 6.07) is 16.3. The molecule has 1 amide bonds. The molecule has 0 spiro atoms. The molecular formula is C31H32ClFN2O6S. The number of anilines is 1. The molecule has 8 nitrogen and oxygen atoms in total. The number of hydrogen-bond donors (Lipinski definition) is 0. The lowest BCUT2D eigenvalue weighted by molar-refractivity contribution is -0.149. The van der Waals surface area contributed by atoms with Gasteiger partial charge in [0.05, 0.1) is 30.2 Å². The van der Waals surface area contributed by atoms with Gasteiger partial charge in [-0.3, -0.25) is 13.9 Å². The van der Waals surface area contributed by atoms with E-state index < -0.39 is 21.9 Å². The van der Waals surface area contributed by atoms with Crippen molar-refractivity contribution in [1.29, 1.82) is 0 Å². The number of benzene rings is 3. The summed E-state index contributed by atoms with van der Waals surface area (Å²) in [6.45, 7) is 2.56. The van der Waals surface area contributed by atoms with Crippen LogP contribution < -0.4 is 9.04 Å². The molecular weight excluding hydrogens is 583 g/mol. The lowest BCUT2D eigenvalue weighted by Gasteiger charge is -2.36. The van der Waals surface area contributed by atoms with Crippen molar-refractivity contribution in [3.05, 3.63) is 77.1 Å². The van der Waals surface area contributed by atoms with Gasteiger partial charge in [-0.1, -0.05) is 35.9 Å². The summed E-state index contributed by atoms with van der Waals surface area (Å²) < 4.78 is 55.6. The summed E-state index contributed by atoms with van der Waals surface area (Å²) in [4.78, 5) is 26.6. The second-order valence-corrected chi connectivity index (χ2v) is 12.9. The number of hydrogen-bond acceptors (Lipinski definition) is 6. The number of likely N-dealkylation sites (tertiary alicyclic amines) is 1. The van der Waals surface area contributed by atoms with E-state index >= 15 is 4.39 Å². The van der Waals surface area contributed by atoms with Crippen LogP contribution in [0.2, 0.25) is 5.02 Å². The van der Waals surface area contributed by atoms with E-state index in [2.05, 4.69) is 0 Å². The Hall–Kier alpha value is -3.63. The number of methoxy groups -OCH3 is 1. The Morgan fingerprint density at radius 2 is 1.79 bits per heavy atom. The number of ether oxygens (including phenoxy) is 2. The molecule has 1 saturated heterocycles. The maximum Gasteiger partial charge on any atom is 0.308 e. The molecule has 0 aliphatic carbocycles. The molecule has 0 N–H and O–H groups in total. The van der Waals surface area contributed by atoms with E-state index in [1.807, 2.05) is 0 Å². The van der Waals surface area contributed by atoms with Crippen LogP contribution in [0.1, 0.15) is 31.2 Å². The Bertz CT molecular complexity index is 1610. The number of nitrogens with zero attached hydrogens (tertiary/aromatic N) is 2. The molecule has 0 radical (unpaired) electrons. The van der Waals surface area contributed by atoms with E-state index in [-0.39, 0.29) is 53.5 Å². The highest BCUT2D eigenvalue weighted by Gasteiger charge is 2.37. The summed E-state index contributed by atoms with van der Waals surface area (Å²) in [5.74, 6) is -1.52. The van der Waals surface area contributed by atoms with Crippen molar-refractivity contribution >= 4 is 39.2 Å². The molecule has 1 fully saturated rings. The normalized spacial score (nSPS) is 17.4. The largest absolute Gasteiger partial charge is 0.483 e. The van der Waals surface area contributed by atoms with Crippen LogP contribution in [0, 0.1) is 18.7 Å². The van der Waals surface area contributed by atoms with Gasteiger partial charge >= 0.3 is 5.97 Å². The molecule has 3 aromatic carbocycles. The van der Waals surface area contributed by atoms with Crippen molar-refractivity contribution in [1.82, 2.24) is 4.90 Å². The highest BCUT2D eigenvalue weighted by Crippen LogP contribution is 2.43. The van der Waals surface area contributed by atoms with Gasteiger partial charge in [-0.15, -0.1) is 0 Å². The number of piperidine rings is 1. The van der Waals surface area contributed by atoms with Crippen LogP contribution in [0.5, 0.6) is 5.75 Å². The van der Waals surface area contributed by atoms with E-state index in [4.69, 9.17) is 21.1 Å². The monoisotopic (exact) mass is 614 g/mol. The highest BCUT2D eigenvalue weighted by molar-refractivity contribution is 7.92. The fraction of sp³-hybridized carbons (Fsp3) is 0.355. The van der Waals surface area contributed by atoms with Crippen molar-refractivity contribution in [2.75, 3.05) is 31.0 Å². The first-order valence-electron chi connectivity index (χ1n) is 13.8. The Morgan fingerprint density at radius 3 is 2.48 bits per heavy atom. The molecule has 0 bridgehead atoms. The minimum atomic E-state index is -4.11. The van der Waals surface area contributed by atoms with Gasteiger partial charge in [-0.2, -0.15) is 0 Å². The Balaban J connectivity index is 1.42. The maximum absolute atomic E-state index is 15.6. The zero-order valence-corrected chi connectivity index (χ0v) is 25.0. The number of fused-ring (bicyclic) bond motifs is 1. The van der Waals surface area contributed by atoms with Crippen molar-refractivity contribution in [2.45, 2.75) is 43.6 Å². The van der Waals surface area contributed by atoms with Gasteiger partial charge < -0.3 is 14.4 Å². The van der Waals surface area contributed by atoms with Gasteiger partial charge in [-0.25, -0.2) is 12.8 Å². The molecule has 3 aromatic rings. The van der Waals surface area contributed by atoms with Gasteiger partial charge in [0.2, 0.25) is 5.91 Å². The van der Waals surface area contributed by atoms with Crippen LogP contribution >= 0.6 is 11.6 Å². The molecule has 0 unspecified atom stereocenters. The third-order valence-corrected chi connectivity index (χ3v) is 9.76. The van der Waals surface area contributed by atoms with E-state index in [0.29, 0.717) is 42.1 Å². The summed E-state index contributed by atoms with van der Waals surface area (Å²) in [5.41, 5.74) is 1.92. The van der Waals surface area contributed by atoms with E-state index in [0.717, 1.165) is 5.56 Å². The maximum atomic E-state index is 15.6. The predicted molar refractivity (Wildman–Crippen MR) is 158 cm³/mol. The number of carbonyl (C=O) groups excluding carboxylic acids is 2. The van der Waals surface area contributed by atoms with Crippen molar-refractivity contribution < 1.29 is 31.9 Å². The average molecular weight is 615 g/mol. The Morgan fingerprint density at radius 1 is 1.05 bits per heavy atom. The van der Waals surface area contributed by atoms with Crippen molar-refractivity contribution in [3.8, 4) is 16.9 Å². The summed E-state index contributed by atoms with van der Waals surface area (Å²) in [6.07, 6.45) is 0.553. The standard InChI is InChI=1S/C31H32ClFN2O6S/c1-20-5-3-8-26(15-20)42(38,39)35-19-25(9-10-29(36)34-13-11-21(12-14-34)31(37)40-2)41-30-27(33)17-23(18-28(30)35)22-6-4-7-24(32)16-22/h3-8,15-18,21,25H,9-14,19H2,1-2H3/t25-/m0/s1. The van der Waals surface area contributed by atoms with Crippen LogP contribution in [-0.2, 0) is 24.3 Å². The fourth-order valence-electron chi connectivity index (χ4n) is 5.46. The van der Waals surface area contributed by atoms with Crippen LogP contribution in [-0.4, -0.2) is 58.0 Å². The molecule has 0 aromatic heterocycles. The van der Waals surface area contributed by atoms with Crippen LogP contribution in [0.3, 0.4) is 0 Å². The first-order chi connectivity index (χ1) is 20.1. The molecule has 222 valence electrons. The first kappa shape index (κ1) is 29.8. The highest BCUT2D eigenvalue weighted by atomic mass is 35.5. The molecule has 2 aliphatic heterocycles. The quantitative estimate of drug-likeness (QED) is 0.322. The van der Waals surface area contributed by atoms with Crippen LogP contribution in [0.25, 0.3) is 11.1 Å². The minimum absolute atomic E-state index is 0.0761. The molecule has 1 atom stereocenters. The average Bonchev–Trinajstić information content (AvgIpc) is 2.99. The molecule has 5 rings (SSSR count). The number of sulfonamides is 1. The van der Waals surface area contributed by atoms with Crippen LogP contribution in [0.15, 0.2) is 65.6 Å². The minimum Gasteiger partial charge on any atom is -0.483 e. The van der Waals surface area contributed by atoms with Gasteiger partial charge in [0.15, 0.2) is 11.6 Å². The SMILES string of the molecule is COC(=O)C1CCN(C(=O)CC[C@H]2CN(S(=O)(=O)c3cccc(C)c3)c3cc(-c4cccc(Cl)c4)cc(F)c3O2)CC1. The Labute approximate surface area is 250 Å². The summed E-state index contributed by atoms with van der Waals surface area (Å²) >= 11 is 6.16. The number of esters is 1. The van der Waals surface area contributed by atoms with Gasteiger partial charge in [0.1, 0.15) is 6.10 Å². The summed E-state index contributed by atoms with van der Waals surface area (Å²) in [7, 11) is -2.76. The van der Waals surface area contributed by atoms with Gasteiger partial charge in [0, 0.05) is 24.5 Å². The zero-order valence-electron chi connectivity index (χ0n) is 23.4. The zero-order chi connectivity index (χ0) is 30.0. The molecule has 0 saturated carbocycles. The first-order valence-corrected chi connectivity index (χ1v) is 15.6. The number of halogens is 2. The Kier molecular flexibility index (Phi) is 8.75. The summed E-state index contributed by atoms with van der Waals surface area (Å²) in [5, 5.41) is 0.463. The van der Waals surface area contributed by atoms with Gasteiger partial charge in [0.25, 0.3) is 10.0 Å². The van der Waals surface area contributed by atoms with Crippen molar-refractivity contribution in [2.24, 2.45) is 5.92 Å². The molecule has 2 aliphatic rings. The smallest absolute Gasteiger partial charge is 0.308 e. The molecule has 2 heterocycles. The topological polar surface area (TPSA) is 93.2 Å². The third kappa shape index (κ3) is 6.24. The van der Waals surface area contributed by atoms with Gasteiger partial charge in [-0.05, 0) is 79.3 Å². The number of amides is 1. The predicted octanol–water partition coefficient (Wildman–Crippen LogP) is 5.60. The molecule has 11 heteroatoms. The van der Waals surface area contributed by atoms with Crippen LogP contribution in [0.4, 0.5) is 10.1 Å². The lowest BCUT2D eigenvalue weighted by atomic mass is 9.96. The number of aryl methyl sites for hydroxylation is 1. The van der Waals surface area contributed by atoms with E-state index in [1.54, 1.807) is 60.4 Å². The third-order valence-electron chi connectivity index (χ3n) is 7.74. The molecule has 42 heavy (non-hydrogen) atoms. The van der Waals surface area contributed by atoms with Crippen molar-refractivity contribution in [3.63, 3.8) is 0 Å². The van der Waals surface area contributed by atoms with E-state index in [9.17, 15) is 18.0 Å². The second-order valence-electron chi connectivity index (χ2n) is 10.6. The second kappa shape index (κ2) is 12.3. The fourth-order valence-corrected chi connectivity index (χ4v) is 7.24. The number of carbonyl (C=O) groups is 2. The van der Waals surface area contributed by atoms with E-state index in [1.165, 1.54) is 23.5 Å². The lowest BCUT2D eigenvalue weighted by Crippen LogP contribution is -2.45. The number of rotatable bonds is 7.